The van der Waals surface area contributed by atoms with Crippen LogP contribution in [-0.4, -0.2) is 70.6 Å². The second-order valence-corrected chi connectivity index (χ2v) is 12.1. The van der Waals surface area contributed by atoms with Crippen LogP contribution in [0.4, 0.5) is 0 Å². The van der Waals surface area contributed by atoms with Gasteiger partial charge in [0.05, 0.1) is 29.2 Å². The van der Waals surface area contributed by atoms with Gasteiger partial charge < -0.3 is 34.3 Å². The lowest BCUT2D eigenvalue weighted by molar-refractivity contribution is -0.136. The van der Waals surface area contributed by atoms with E-state index in [-0.39, 0.29) is 24.4 Å². The maximum Gasteiger partial charge on any atom is 0.227 e. The number of halogens is 2. The highest BCUT2D eigenvalue weighted by atomic mass is 35.5. The third-order valence-corrected chi connectivity index (χ3v) is 8.14. The van der Waals surface area contributed by atoms with Crippen LogP contribution < -0.4 is 19.9 Å². The van der Waals surface area contributed by atoms with Crippen LogP contribution in [0.5, 0.6) is 17.2 Å². The average molecular weight is 660 g/mol. The minimum atomic E-state index is -0.330. The number of methoxy groups -OCH3 is 2. The van der Waals surface area contributed by atoms with Gasteiger partial charge in [-0.1, -0.05) is 41.4 Å². The monoisotopic (exact) mass is 658 g/mol. The van der Waals surface area contributed by atoms with Gasteiger partial charge in [-0.2, -0.15) is 0 Å². The highest BCUT2D eigenvalue weighted by molar-refractivity contribution is 6.37. The Morgan fingerprint density at radius 1 is 0.822 bits per heavy atom. The lowest BCUT2D eigenvalue weighted by Crippen LogP contribution is -2.41. The minimum Gasteiger partial charge on any atom is -0.491 e. The summed E-state index contributed by atoms with van der Waals surface area (Å²) in [6.07, 6.45) is 3.31. The van der Waals surface area contributed by atoms with Crippen molar-refractivity contribution in [2.24, 2.45) is 11.7 Å². The van der Waals surface area contributed by atoms with Crippen molar-refractivity contribution < 1.29 is 28.5 Å². The Balaban J connectivity index is 1.34. The zero-order valence-electron chi connectivity index (χ0n) is 26.4. The molecule has 0 aliphatic heterocycles. The molecule has 1 unspecified atom stereocenters. The fraction of sp³-hybridized carbons (Fsp3) is 0.457. The molecule has 1 aliphatic rings. The molecule has 244 valence electrons. The number of ether oxygens (including phenoxy) is 5. The molecule has 1 fully saturated rings. The molecule has 0 heterocycles. The number of nitrogens with zero attached hydrogens (tertiary/aromatic N) is 1. The lowest BCUT2D eigenvalue weighted by atomic mass is 9.97. The molecule has 1 amide bonds. The Morgan fingerprint density at radius 3 is 2.09 bits per heavy atom. The molecule has 0 aromatic heterocycles. The van der Waals surface area contributed by atoms with E-state index < -0.39 is 0 Å². The van der Waals surface area contributed by atoms with Gasteiger partial charge in [-0.25, -0.2) is 0 Å². The fourth-order valence-corrected chi connectivity index (χ4v) is 5.83. The van der Waals surface area contributed by atoms with E-state index in [0.29, 0.717) is 67.5 Å². The molecule has 0 bridgehead atoms. The van der Waals surface area contributed by atoms with Gasteiger partial charge in [0.1, 0.15) is 31.3 Å². The number of hydrogen-bond acceptors (Lipinski definition) is 7. The van der Waals surface area contributed by atoms with Crippen molar-refractivity contribution in [3.8, 4) is 17.2 Å². The van der Waals surface area contributed by atoms with E-state index in [1.165, 1.54) is 0 Å². The highest BCUT2D eigenvalue weighted by Gasteiger charge is 2.35. The first-order valence-electron chi connectivity index (χ1n) is 15.4. The van der Waals surface area contributed by atoms with Gasteiger partial charge in [0.2, 0.25) is 5.91 Å². The number of amides is 1. The molecule has 0 spiro atoms. The molecule has 1 aliphatic carbocycles. The predicted molar refractivity (Wildman–Crippen MR) is 178 cm³/mol. The van der Waals surface area contributed by atoms with Crippen LogP contribution in [0.1, 0.15) is 35.1 Å². The summed E-state index contributed by atoms with van der Waals surface area (Å²) >= 11 is 12.5. The van der Waals surface area contributed by atoms with Crippen LogP contribution in [0, 0.1) is 12.8 Å². The molecule has 45 heavy (non-hydrogen) atoms. The molecule has 2 N–H and O–H groups in total. The van der Waals surface area contributed by atoms with E-state index in [1.807, 2.05) is 60.4 Å². The van der Waals surface area contributed by atoms with Crippen LogP contribution in [0.2, 0.25) is 10.0 Å². The normalized spacial score (nSPS) is 13.4. The molecule has 0 radical (unpaired) electrons. The third kappa shape index (κ3) is 10.8. The average Bonchev–Trinajstić information content (AvgIpc) is 3.87. The van der Waals surface area contributed by atoms with E-state index in [2.05, 4.69) is 6.07 Å². The van der Waals surface area contributed by atoms with Crippen LogP contribution in [0.25, 0.3) is 0 Å². The molecule has 0 saturated heterocycles. The molecule has 10 heteroatoms. The van der Waals surface area contributed by atoms with Crippen LogP contribution >= 0.6 is 23.2 Å². The SMILES string of the molecule is COCCOc1cc(CCOC)cc(CN(C(=O)C(CN)Cc2ccc(OCCOc3c(Cl)cc(C)cc3Cl)cc2)C2CC2)c1. The largest absolute Gasteiger partial charge is 0.491 e. The maximum atomic E-state index is 13.9. The number of carbonyl (C=O) groups is 1. The molecule has 8 nitrogen and oxygen atoms in total. The number of rotatable bonds is 19. The van der Waals surface area contributed by atoms with Gasteiger partial charge in [-0.05, 0) is 91.3 Å². The summed E-state index contributed by atoms with van der Waals surface area (Å²) in [5.41, 5.74) is 10.3. The Hall–Kier alpha value is -3.01. The Labute approximate surface area is 276 Å². The summed E-state index contributed by atoms with van der Waals surface area (Å²) in [5, 5.41) is 0.946. The van der Waals surface area contributed by atoms with Crippen molar-refractivity contribution in [1.82, 2.24) is 4.90 Å². The zero-order chi connectivity index (χ0) is 32.2. The van der Waals surface area contributed by atoms with Gasteiger partial charge >= 0.3 is 0 Å². The first-order chi connectivity index (χ1) is 21.8. The lowest BCUT2D eigenvalue weighted by Gasteiger charge is -2.27. The molecule has 3 aromatic carbocycles. The molecule has 4 rings (SSSR count). The smallest absolute Gasteiger partial charge is 0.227 e. The van der Waals surface area contributed by atoms with Crippen molar-refractivity contribution in [1.29, 1.82) is 0 Å². The van der Waals surface area contributed by atoms with Crippen molar-refractivity contribution in [2.45, 2.75) is 45.2 Å². The zero-order valence-corrected chi connectivity index (χ0v) is 27.9. The molecular formula is C35H44Cl2N2O6. The van der Waals surface area contributed by atoms with E-state index in [9.17, 15) is 4.79 Å². The van der Waals surface area contributed by atoms with Gasteiger partial charge in [0, 0.05) is 33.4 Å². The van der Waals surface area contributed by atoms with Gasteiger partial charge in [-0.3, -0.25) is 4.79 Å². The number of aryl methyl sites for hydroxylation is 1. The van der Waals surface area contributed by atoms with Crippen LogP contribution in [-0.2, 0) is 33.7 Å². The fourth-order valence-electron chi connectivity index (χ4n) is 5.12. The van der Waals surface area contributed by atoms with Gasteiger partial charge in [0.15, 0.2) is 5.75 Å². The second kappa shape index (κ2) is 17.6. The minimum absolute atomic E-state index is 0.0787. The topological polar surface area (TPSA) is 92.5 Å². The second-order valence-electron chi connectivity index (χ2n) is 11.3. The van der Waals surface area contributed by atoms with Gasteiger partial charge in [-0.15, -0.1) is 0 Å². The third-order valence-electron chi connectivity index (χ3n) is 7.58. The summed E-state index contributed by atoms with van der Waals surface area (Å²) in [5.74, 6) is 1.68. The number of nitrogens with two attached hydrogens (primary N) is 1. The number of hydrogen-bond donors (Lipinski definition) is 1. The van der Waals surface area contributed by atoms with E-state index in [1.54, 1.807) is 14.2 Å². The summed E-state index contributed by atoms with van der Waals surface area (Å²) in [7, 11) is 3.34. The predicted octanol–water partition coefficient (Wildman–Crippen LogP) is 6.28. The van der Waals surface area contributed by atoms with Crippen molar-refractivity contribution in [2.75, 3.05) is 53.8 Å². The van der Waals surface area contributed by atoms with Crippen LogP contribution in [0.15, 0.2) is 54.6 Å². The first kappa shape index (κ1) is 34.9. The maximum absolute atomic E-state index is 13.9. The van der Waals surface area contributed by atoms with E-state index in [0.717, 1.165) is 47.3 Å². The molecular weight excluding hydrogens is 615 g/mol. The summed E-state index contributed by atoms with van der Waals surface area (Å²) in [6, 6.07) is 17.8. The van der Waals surface area contributed by atoms with Crippen molar-refractivity contribution in [3.63, 3.8) is 0 Å². The van der Waals surface area contributed by atoms with E-state index >= 15 is 0 Å². The standard InChI is InChI=1S/C35H44Cl2N2O6/c1-24-16-32(36)34(33(37)17-24)45-15-14-43-30-8-4-25(5-9-30)19-28(22-38)35(40)39(29-6-7-29)23-27-18-26(10-11-41-2)20-31(21-27)44-13-12-42-3/h4-5,8-9,16-18,20-21,28-29H,6-7,10-15,19,22-23,38H2,1-3H3. The quantitative estimate of drug-likeness (QED) is 0.152. The Bertz CT molecular complexity index is 1360. The van der Waals surface area contributed by atoms with Crippen LogP contribution in [0.3, 0.4) is 0 Å². The van der Waals surface area contributed by atoms with Gasteiger partial charge in [0.25, 0.3) is 0 Å². The highest BCUT2D eigenvalue weighted by Crippen LogP contribution is 2.34. The number of carbonyl (C=O) groups excluding carboxylic acids is 1. The van der Waals surface area contributed by atoms with Crippen molar-refractivity contribution >= 4 is 29.1 Å². The summed E-state index contributed by atoms with van der Waals surface area (Å²) in [4.78, 5) is 15.9. The molecule has 1 saturated carbocycles. The van der Waals surface area contributed by atoms with Crippen molar-refractivity contribution in [3.05, 3.63) is 86.9 Å². The number of benzene rings is 3. The Kier molecular flexibility index (Phi) is 13.6. The molecule has 3 aromatic rings. The molecule has 1 atom stereocenters. The first-order valence-corrected chi connectivity index (χ1v) is 16.1. The van der Waals surface area contributed by atoms with E-state index in [4.69, 9.17) is 52.6 Å². The summed E-state index contributed by atoms with van der Waals surface area (Å²) < 4.78 is 27.9. The summed E-state index contributed by atoms with van der Waals surface area (Å²) in [6.45, 7) is 4.88. The Morgan fingerprint density at radius 2 is 1.44 bits per heavy atom.